The summed E-state index contributed by atoms with van der Waals surface area (Å²) >= 11 is 0. The number of fused-ring (bicyclic) bond motifs is 2. The number of ether oxygens (including phenoxy) is 1. The van der Waals surface area contributed by atoms with E-state index >= 15 is 0 Å². The maximum absolute atomic E-state index is 12.9. The Morgan fingerprint density at radius 1 is 0.921 bits per heavy atom. The van der Waals surface area contributed by atoms with E-state index in [1.54, 1.807) is 54.6 Å². The van der Waals surface area contributed by atoms with Crippen molar-refractivity contribution in [2.45, 2.75) is 13.2 Å². The van der Waals surface area contributed by atoms with E-state index in [0.29, 0.717) is 33.1 Å². The van der Waals surface area contributed by atoms with Gasteiger partial charge in [-0.1, -0.05) is 36.4 Å². The Balaban J connectivity index is 1.26. The molecule has 0 spiro atoms. The van der Waals surface area contributed by atoms with Gasteiger partial charge in [-0.3, -0.25) is 19.7 Å². The van der Waals surface area contributed by atoms with Gasteiger partial charge in [0.2, 0.25) is 0 Å². The maximum atomic E-state index is 12.9. The number of nitro groups is 1. The van der Waals surface area contributed by atoms with Gasteiger partial charge >= 0.3 is 0 Å². The van der Waals surface area contributed by atoms with Crippen LogP contribution < -0.4 is 15.6 Å². The van der Waals surface area contributed by atoms with Crippen LogP contribution in [0.3, 0.4) is 0 Å². The fourth-order valence-electron chi connectivity index (χ4n) is 4.17. The van der Waals surface area contributed by atoms with Crippen LogP contribution in [0.15, 0.2) is 107 Å². The van der Waals surface area contributed by atoms with Gasteiger partial charge in [0, 0.05) is 22.9 Å². The summed E-state index contributed by atoms with van der Waals surface area (Å²) in [4.78, 5) is 36.0. The van der Waals surface area contributed by atoms with E-state index in [2.05, 4.69) is 10.5 Å². The molecular formula is C29H22N4O5. The third-order valence-corrected chi connectivity index (χ3v) is 5.99. The lowest BCUT2D eigenvalue weighted by molar-refractivity contribution is -0.384. The van der Waals surface area contributed by atoms with Crippen molar-refractivity contribution in [3.63, 3.8) is 0 Å². The largest absolute Gasteiger partial charge is 0.489 e. The normalized spacial score (nSPS) is 11.2. The lowest BCUT2D eigenvalue weighted by Gasteiger charge is -2.14. The number of aromatic nitrogens is 1. The molecule has 0 unspecified atom stereocenters. The number of rotatable bonds is 8. The summed E-state index contributed by atoms with van der Waals surface area (Å²) < 4.78 is 7.59. The topological polar surface area (TPSA) is 116 Å². The minimum atomic E-state index is -0.447. The Labute approximate surface area is 216 Å². The molecule has 5 aromatic rings. The van der Waals surface area contributed by atoms with Gasteiger partial charge in [-0.15, -0.1) is 0 Å². The molecule has 1 amide bonds. The highest BCUT2D eigenvalue weighted by Crippen LogP contribution is 2.19. The zero-order valence-electron chi connectivity index (χ0n) is 20.1. The molecule has 1 N–H and O–H groups in total. The maximum Gasteiger partial charge on any atom is 0.269 e. The number of amides is 1. The second-order valence-electron chi connectivity index (χ2n) is 8.53. The molecule has 0 aliphatic rings. The number of non-ortho nitro benzene ring substituents is 1. The average molecular weight is 507 g/mol. The zero-order valence-corrected chi connectivity index (χ0v) is 20.1. The van der Waals surface area contributed by atoms with Crippen LogP contribution in [-0.2, 0) is 17.9 Å². The molecule has 4 aromatic carbocycles. The van der Waals surface area contributed by atoms with E-state index in [1.165, 1.54) is 18.3 Å². The first-order chi connectivity index (χ1) is 18.5. The minimum Gasteiger partial charge on any atom is -0.489 e. The number of nitrogens with one attached hydrogen (secondary N) is 1. The first kappa shape index (κ1) is 24.4. The predicted molar refractivity (Wildman–Crippen MR) is 145 cm³/mol. The number of nitrogens with zero attached hydrogens (tertiary/aromatic N) is 3. The van der Waals surface area contributed by atoms with Crippen LogP contribution in [0.1, 0.15) is 11.1 Å². The zero-order chi connectivity index (χ0) is 26.5. The van der Waals surface area contributed by atoms with Crippen LogP contribution >= 0.6 is 0 Å². The molecule has 0 saturated carbocycles. The quantitative estimate of drug-likeness (QED) is 0.141. The summed E-state index contributed by atoms with van der Waals surface area (Å²) in [6.45, 7) is 0.230. The number of pyridine rings is 1. The molecule has 188 valence electrons. The number of hydrogen-bond donors (Lipinski definition) is 1. The molecule has 0 aliphatic heterocycles. The van der Waals surface area contributed by atoms with Gasteiger partial charge in [0.05, 0.1) is 22.2 Å². The molecule has 0 aliphatic carbocycles. The van der Waals surface area contributed by atoms with Gasteiger partial charge in [0.15, 0.2) is 5.43 Å². The molecule has 1 heterocycles. The smallest absolute Gasteiger partial charge is 0.269 e. The predicted octanol–water partition coefficient (Wildman–Crippen LogP) is 4.79. The molecular weight excluding hydrogens is 484 g/mol. The lowest BCUT2D eigenvalue weighted by atomic mass is 10.1. The van der Waals surface area contributed by atoms with Crippen LogP contribution in [0.25, 0.3) is 21.8 Å². The molecule has 5 rings (SSSR count). The van der Waals surface area contributed by atoms with Crippen LogP contribution in [0.2, 0.25) is 0 Å². The Morgan fingerprint density at radius 2 is 1.58 bits per heavy atom. The number of para-hydroxylation sites is 2. The summed E-state index contributed by atoms with van der Waals surface area (Å²) in [7, 11) is 0. The first-order valence-corrected chi connectivity index (χ1v) is 11.8. The summed E-state index contributed by atoms with van der Waals surface area (Å²) in [6.07, 6.45) is 1.51. The SMILES string of the molecule is O=C(Cn1c2ccccc2c(=O)c2ccccc21)NN=Cc1cccc(OCc2ccc([N+](=O)[O-])cc2)c1. The minimum absolute atomic E-state index is 0.0168. The van der Waals surface area contributed by atoms with Crippen LogP contribution in [0.4, 0.5) is 5.69 Å². The fraction of sp³-hybridized carbons (Fsp3) is 0.0690. The number of nitro benzene ring substituents is 1. The highest BCUT2D eigenvalue weighted by atomic mass is 16.6. The third kappa shape index (κ3) is 5.26. The Kier molecular flexibility index (Phi) is 6.90. The van der Waals surface area contributed by atoms with Crippen molar-refractivity contribution < 1.29 is 14.5 Å². The van der Waals surface area contributed by atoms with Gasteiger partial charge in [0.1, 0.15) is 18.9 Å². The van der Waals surface area contributed by atoms with E-state index < -0.39 is 4.92 Å². The number of hydrazone groups is 1. The summed E-state index contributed by atoms with van der Waals surface area (Å²) in [6, 6.07) is 27.8. The summed E-state index contributed by atoms with van der Waals surface area (Å²) in [5, 5.41) is 16.0. The molecule has 0 atom stereocenters. The van der Waals surface area contributed by atoms with E-state index in [1.807, 2.05) is 34.9 Å². The molecule has 0 fully saturated rings. The summed E-state index contributed by atoms with van der Waals surface area (Å²) in [5.41, 5.74) is 5.37. The van der Waals surface area contributed by atoms with Crippen LogP contribution in [0.5, 0.6) is 5.75 Å². The second-order valence-corrected chi connectivity index (χ2v) is 8.53. The van der Waals surface area contributed by atoms with Gasteiger partial charge in [-0.05, 0) is 59.7 Å². The van der Waals surface area contributed by atoms with E-state index in [0.717, 1.165) is 5.56 Å². The van der Waals surface area contributed by atoms with Crippen LogP contribution in [-0.4, -0.2) is 21.6 Å². The Morgan fingerprint density at radius 3 is 2.24 bits per heavy atom. The van der Waals surface area contributed by atoms with Crippen molar-refractivity contribution in [1.82, 2.24) is 9.99 Å². The van der Waals surface area contributed by atoms with Crippen molar-refractivity contribution in [1.29, 1.82) is 0 Å². The molecule has 1 aromatic heterocycles. The average Bonchev–Trinajstić information content (AvgIpc) is 2.94. The molecule has 0 saturated heterocycles. The van der Waals surface area contributed by atoms with Crippen molar-refractivity contribution in [3.05, 3.63) is 129 Å². The van der Waals surface area contributed by atoms with Gasteiger partial charge in [-0.2, -0.15) is 5.10 Å². The van der Waals surface area contributed by atoms with E-state index in [9.17, 15) is 19.7 Å². The Bertz CT molecular complexity index is 1680. The molecule has 9 heteroatoms. The van der Waals surface area contributed by atoms with Gasteiger partial charge in [-0.25, -0.2) is 5.43 Å². The fourth-order valence-corrected chi connectivity index (χ4v) is 4.17. The van der Waals surface area contributed by atoms with Gasteiger partial charge in [0.25, 0.3) is 11.6 Å². The van der Waals surface area contributed by atoms with E-state index in [4.69, 9.17) is 4.74 Å². The monoisotopic (exact) mass is 506 g/mol. The molecule has 0 bridgehead atoms. The van der Waals surface area contributed by atoms with Crippen molar-refractivity contribution in [2.24, 2.45) is 5.10 Å². The summed E-state index contributed by atoms with van der Waals surface area (Å²) in [5.74, 6) is 0.246. The standard InChI is InChI=1S/C29H22N4O5/c34-28(18-32-26-10-3-1-8-24(26)29(35)25-9-2-4-11-27(25)32)31-30-17-21-6-5-7-23(16-21)38-19-20-12-14-22(15-13-20)33(36)37/h1-17H,18-19H2,(H,31,34). The Hall–Kier alpha value is -5.31. The molecule has 0 radical (unpaired) electrons. The first-order valence-electron chi connectivity index (χ1n) is 11.8. The van der Waals surface area contributed by atoms with E-state index in [-0.39, 0.29) is 30.2 Å². The highest BCUT2D eigenvalue weighted by molar-refractivity contribution is 5.95. The number of carbonyl (C=O) groups excluding carboxylic acids is 1. The van der Waals surface area contributed by atoms with Crippen molar-refractivity contribution in [2.75, 3.05) is 0 Å². The lowest BCUT2D eigenvalue weighted by Crippen LogP contribution is -2.25. The number of hydrogen-bond acceptors (Lipinski definition) is 6. The van der Waals surface area contributed by atoms with Crippen LogP contribution in [0, 0.1) is 10.1 Å². The van der Waals surface area contributed by atoms with Gasteiger partial charge < -0.3 is 9.30 Å². The molecule has 38 heavy (non-hydrogen) atoms. The third-order valence-electron chi connectivity index (χ3n) is 5.99. The highest BCUT2D eigenvalue weighted by Gasteiger charge is 2.12. The number of carbonyl (C=O) groups is 1. The number of benzene rings is 4. The molecule has 9 nitrogen and oxygen atoms in total. The van der Waals surface area contributed by atoms with Crippen molar-refractivity contribution in [3.8, 4) is 5.75 Å². The second kappa shape index (κ2) is 10.8. The van der Waals surface area contributed by atoms with Crippen molar-refractivity contribution >= 4 is 39.6 Å².